The van der Waals surface area contributed by atoms with Gasteiger partial charge in [0.25, 0.3) is 0 Å². The molecular formula is C28H29F4N5O3. The van der Waals surface area contributed by atoms with Crippen LogP contribution in [0.5, 0.6) is 0 Å². The molecule has 1 saturated carbocycles. The van der Waals surface area contributed by atoms with Crippen LogP contribution in [0.15, 0.2) is 24.3 Å². The summed E-state index contributed by atoms with van der Waals surface area (Å²) in [4.78, 5) is 23.9. The Bertz CT molecular complexity index is 1500. The van der Waals surface area contributed by atoms with E-state index >= 15 is 0 Å². The normalized spacial score (nSPS) is 22.8. The van der Waals surface area contributed by atoms with E-state index in [0.717, 1.165) is 44.1 Å². The van der Waals surface area contributed by atoms with E-state index in [9.17, 15) is 22.4 Å². The fourth-order valence-corrected chi connectivity index (χ4v) is 7.07. The Labute approximate surface area is 227 Å². The highest BCUT2D eigenvalue weighted by Gasteiger charge is 2.64. The highest BCUT2D eigenvalue weighted by molar-refractivity contribution is 5.89. The minimum atomic E-state index is -4.77. The summed E-state index contributed by atoms with van der Waals surface area (Å²) in [7, 11) is 0. The molecule has 1 aromatic carbocycles. The lowest BCUT2D eigenvalue weighted by Crippen LogP contribution is -2.69. The number of carbonyl (C=O) groups excluding carboxylic acids is 1. The Hall–Kier alpha value is -3.25. The van der Waals surface area contributed by atoms with Crippen molar-refractivity contribution in [1.29, 1.82) is 0 Å². The zero-order valence-electron chi connectivity index (χ0n) is 22.0. The zero-order chi connectivity index (χ0) is 27.9. The molecule has 2 aromatic heterocycles. The van der Waals surface area contributed by atoms with Gasteiger partial charge in [-0.25, -0.2) is 14.4 Å². The fraction of sp³-hybridized carbons (Fsp3) is 0.536. The molecule has 40 heavy (non-hydrogen) atoms. The lowest BCUT2D eigenvalue weighted by Gasteiger charge is -2.64. The van der Waals surface area contributed by atoms with E-state index in [1.165, 1.54) is 12.1 Å². The van der Waals surface area contributed by atoms with Gasteiger partial charge in [-0.1, -0.05) is 12.1 Å². The van der Waals surface area contributed by atoms with Gasteiger partial charge >= 0.3 is 6.18 Å². The number of alkyl halides is 3. The van der Waals surface area contributed by atoms with Crippen molar-refractivity contribution >= 4 is 22.8 Å². The largest absolute Gasteiger partial charge is 0.419 e. The number of nitrogens with zero attached hydrogens (tertiary/aromatic N) is 4. The third kappa shape index (κ3) is 3.98. The van der Waals surface area contributed by atoms with E-state index in [1.807, 2.05) is 11.0 Å². The van der Waals surface area contributed by atoms with Gasteiger partial charge in [-0.05, 0) is 38.3 Å². The molecule has 1 amide bonds. The fourth-order valence-electron chi connectivity index (χ4n) is 7.07. The van der Waals surface area contributed by atoms with Crippen LogP contribution in [-0.4, -0.2) is 58.3 Å². The molecule has 3 aliphatic heterocycles. The number of nitrogens with one attached hydrogen (secondary N) is 1. The van der Waals surface area contributed by atoms with E-state index in [-0.39, 0.29) is 29.3 Å². The second kappa shape index (κ2) is 8.87. The summed E-state index contributed by atoms with van der Waals surface area (Å²) in [6.45, 7) is 5.32. The summed E-state index contributed by atoms with van der Waals surface area (Å²) in [6.07, 6.45) is -2.39. The average Bonchev–Trinajstić information content (AvgIpc) is 3.53. The quantitative estimate of drug-likeness (QED) is 0.478. The van der Waals surface area contributed by atoms with Crippen molar-refractivity contribution in [1.82, 2.24) is 19.4 Å². The number of rotatable bonds is 4. The van der Waals surface area contributed by atoms with Crippen molar-refractivity contribution in [3.05, 3.63) is 52.7 Å². The van der Waals surface area contributed by atoms with Crippen LogP contribution < -0.4 is 5.32 Å². The first kappa shape index (κ1) is 25.7. The number of hydrogen-bond donors (Lipinski definition) is 1. The number of hydrogen-bond acceptors (Lipinski definition) is 6. The van der Waals surface area contributed by atoms with Gasteiger partial charge in [-0.2, -0.15) is 13.2 Å². The summed E-state index contributed by atoms with van der Waals surface area (Å²) < 4.78 is 68.1. The van der Waals surface area contributed by atoms with Crippen LogP contribution in [0.2, 0.25) is 0 Å². The summed E-state index contributed by atoms with van der Waals surface area (Å²) in [6, 6.07) is 5.25. The molecule has 8 nitrogen and oxygen atoms in total. The lowest BCUT2D eigenvalue weighted by molar-refractivity contribution is -0.233. The van der Waals surface area contributed by atoms with Gasteiger partial charge in [0.15, 0.2) is 0 Å². The monoisotopic (exact) mass is 559 g/mol. The Morgan fingerprint density at radius 2 is 2.00 bits per heavy atom. The van der Waals surface area contributed by atoms with E-state index in [4.69, 9.17) is 9.47 Å². The Kier molecular flexibility index (Phi) is 5.70. The third-order valence-electron chi connectivity index (χ3n) is 8.82. The smallest absolute Gasteiger partial charge is 0.381 e. The highest BCUT2D eigenvalue weighted by Crippen LogP contribution is 2.62. The minimum Gasteiger partial charge on any atom is -0.381 e. The number of halogens is 4. The Morgan fingerprint density at radius 3 is 2.73 bits per heavy atom. The van der Waals surface area contributed by atoms with Crippen LogP contribution in [0.25, 0.3) is 11.0 Å². The maximum atomic E-state index is 14.6. The maximum absolute atomic E-state index is 14.6. The van der Waals surface area contributed by atoms with Crippen LogP contribution >= 0.6 is 0 Å². The van der Waals surface area contributed by atoms with Crippen molar-refractivity contribution in [2.75, 3.05) is 38.2 Å². The summed E-state index contributed by atoms with van der Waals surface area (Å²) in [5, 5.41) is 3.77. The number of fused-ring (bicyclic) bond motifs is 4. The molecule has 0 bridgehead atoms. The predicted molar refractivity (Wildman–Crippen MR) is 136 cm³/mol. The Morgan fingerprint density at radius 1 is 1.20 bits per heavy atom. The second-order valence-electron chi connectivity index (χ2n) is 11.6. The topological polar surface area (TPSA) is 81.5 Å². The van der Waals surface area contributed by atoms with Crippen LogP contribution in [0.1, 0.15) is 41.9 Å². The molecule has 0 radical (unpaired) electrons. The number of benzene rings is 1. The van der Waals surface area contributed by atoms with Crippen molar-refractivity contribution in [3.63, 3.8) is 0 Å². The molecule has 3 aromatic rings. The number of aromatic nitrogens is 3. The molecule has 3 fully saturated rings. The number of aryl methyl sites for hydroxylation is 1. The first-order valence-corrected chi connectivity index (χ1v) is 13.5. The van der Waals surface area contributed by atoms with Gasteiger partial charge < -0.3 is 24.3 Å². The first-order chi connectivity index (χ1) is 19.1. The molecule has 12 heteroatoms. The molecule has 5 heterocycles. The molecule has 2 saturated heterocycles. The molecule has 1 N–H and O–H groups in total. The predicted octanol–water partition coefficient (Wildman–Crippen LogP) is 4.39. The van der Waals surface area contributed by atoms with Crippen LogP contribution in [0, 0.1) is 24.1 Å². The third-order valence-corrected chi connectivity index (χ3v) is 8.82. The summed E-state index contributed by atoms with van der Waals surface area (Å²) in [5.41, 5.74) is -0.134. The van der Waals surface area contributed by atoms with E-state index in [0.29, 0.717) is 49.0 Å². The van der Waals surface area contributed by atoms with E-state index in [2.05, 4.69) is 19.9 Å². The highest BCUT2D eigenvalue weighted by atomic mass is 19.4. The lowest BCUT2D eigenvalue weighted by atomic mass is 9.53. The molecule has 1 unspecified atom stereocenters. The number of anilines is 1. The molecule has 2 spiro atoms. The van der Waals surface area contributed by atoms with Crippen molar-refractivity contribution in [2.24, 2.45) is 11.3 Å². The molecule has 212 valence electrons. The minimum absolute atomic E-state index is 0.0306. The number of carbonyl (C=O) groups is 1. The Balaban J connectivity index is 1.13. The molecule has 1 aliphatic carbocycles. The van der Waals surface area contributed by atoms with Gasteiger partial charge in [-0.3, -0.25) is 4.79 Å². The zero-order valence-corrected chi connectivity index (χ0v) is 22.0. The van der Waals surface area contributed by atoms with Crippen molar-refractivity contribution < 1.29 is 31.8 Å². The van der Waals surface area contributed by atoms with Crippen molar-refractivity contribution in [2.45, 2.75) is 51.1 Å². The van der Waals surface area contributed by atoms with Crippen LogP contribution in [0.3, 0.4) is 0 Å². The second-order valence-corrected chi connectivity index (χ2v) is 11.6. The number of ether oxygens (including phenoxy) is 2. The van der Waals surface area contributed by atoms with Crippen LogP contribution in [0.4, 0.5) is 23.4 Å². The number of likely N-dealkylation sites (tertiary alicyclic amines) is 1. The SMILES string of the molecule is Cc1nc(NCc2cccc(C(F)(F)F)c2F)c2cc3n(c2n1)CCOC31CC2(CN(C(=O)C3CCOC3)C2)C1. The summed E-state index contributed by atoms with van der Waals surface area (Å²) >= 11 is 0. The maximum Gasteiger partial charge on any atom is 0.419 e. The van der Waals surface area contributed by atoms with E-state index in [1.54, 1.807) is 6.92 Å². The standard InChI is InChI=1S/C28H29F4N5O3/c1-16-34-23(33-10-17-3-2-4-20(22(17)29)28(30,31)32)19-9-21-27(40-8-6-37(21)24(19)35-16)12-26(13-27)14-36(15-26)25(38)18-5-7-39-11-18/h2-4,9,18H,5-8,10-15H2,1H3,(H,33,34,35). The van der Waals surface area contributed by atoms with Crippen LogP contribution in [-0.2, 0) is 39.1 Å². The first-order valence-electron chi connectivity index (χ1n) is 13.5. The molecule has 1 atom stereocenters. The summed E-state index contributed by atoms with van der Waals surface area (Å²) in [5.74, 6) is -0.209. The number of amides is 1. The van der Waals surface area contributed by atoms with E-state index < -0.39 is 23.2 Å². The van der Waals surface area contributed by atoms with Gasteiger partial charge in [0, 0.05) is 43.8 Å². The molecule has 7 rings (SSSR count). The molecular weight excluding hydrogens is 530 g/mol. The van der Waals surface area contributed by atoms with Crippen molar-refractivity contribution in [3.8, 4) is 0 Å². The average molecular weight is 560 g/mol. The molecule has 4 aliphatic rings. The van der Waals surface area contributed by atoms with Gasteiger partial charge in [0.05, 0.1) is 35.8 Å². The van der Waals surface area contributed by atoms with Gasteiger partial charge in [-0.15, -0.1) is 0 Å². The van der Waals surface area contributed by atoms with Gasteiger partial charge in [0.2, 0.25) is 5.91 Å². The van der Waals surface area contributed by atoms with Gasteiger partial charge in [0.1, 0.15) is 28.7 Å².